The molecule has 1 aromatic rings. The van der Waals surface area contributed by atoms with Crippen molar-refractivity contribution in [3.05, 3.63) is 11.8 Å². The smallest absolute Gasteiger partial charge is 0.410 e. The van der Waals surface area contributed by atoms with Crippen molar-refractivity contribution in [1.29, 1.82) is 0 Å². The summed E-state index contributed by atoms with van der Waals surface area (Å²) >= 11 is 1.36. The zero-order valence-corrected chi connectivity index (χ0v) is 13.6. The van der Waals surface area contributed by atoms with Gasteiger partial charge in [0.15, 0.2) is 5.16 Å². The van der Waals surface area contributed by atoms with Crippen molar-refractivity contribution in [2.24, 2.45) is 0 Å². The third kappa shape index (κ3) is 4.00. The molecule has 2 rings (SSSR count). The second-order valence-electron chi connectivity index (χ2n) is 5.97. The van der Waals surface area contributed by atoms with Gasteiger partial charge in [-0.1, -0.05) is 11.8 Å². The average Bonchev–Trinajstić information content (AvgIpc) is 2.85. The van der Waals surface area contributed by atoms with Gasteiger partial charge in [-0.3, -0.25) is 4.90 Å². The normalized spacial score (nSPS) is 18.9. The van der Waals surface area contributed by atoms with E-state index in [0.717, 1.165) is 12.8 Å². The highest BCUT2D eigenvalue weighted by Crippen LogP contribution is 2.33. The Kier molecular flexibility index (Phi) is 4.61. The van der Waals surface area contributed by atoms with E-state index >= 15 is 0 Å². The van der Waals surface area contributed by atoms with Gasteiger partial charge in [0, 0.05) is 12.6 Å². The van der Waals surface area contributed by atoms with Crippen LogP contribution >= 0.6 is 11.8 Å². The highest BCUT2D eigenvalue weighted by molar-refractivity contribution is 7.98. The van der Waals surface area contributed by atoms with Crippen molar-refractivity contribution >= 4 is 17.9 Å². The topological polar surface area (TPSA) is 75.6 Å². The number of aromatic nitrogens is 2. The Balaban J connectivity index is 2.22. The van der Waals surface area contributed by atoms with Gasteiger partial charge in [0.2, 0.25) is 5.88 Å². The number of nitrogens with zero attached hydrogens (tertiary/aromatic N) is 3. The van der Waals surface area contributed by atoms with E-state index in [2.05, 4.69) is 9.97 Å². The van der Waals surface area contributed by atoms with Crippen LogP contribution in [0.25, 0.3) is 0 Å². The lowest BCUT2D eigenvalue weighted by Gasteiger charge is -2.28. The molecule has 0 spiro atoms. The fraction of sp³-hybridized carbons (Fsp3) is 0.643. The van der Waals surface area contributed by atoms with Crippen LogP contribution in [0.2, 0.25) is 0 Å². The molecule has 0 aromatic carbocycles. The molecule has 2 heterocycles. The second kappa shape index (κ2) is 6.09. The summed E-state index contributed by atoms with van der Waals surface area (Å²) in [6, 6.07) is 1.35. The number of amides is 1. The Labute approximate surface area is 128 Å². The minimum atomic E-state index is -0.525. The summed E-state index contributed by atoms with van der Waals surface area (Å²) in [5.41, 5.74) is 0.137. The summed E-state index contributed by atoms with van der Waals surface area (Å²) in [5, 5.41) is 10.2. The predicted octanol–water partition coefficient (Wildman–Crippen LogP) is 2.98. The Morgan fingerprint density at radius 1 is 1.48 bits per heavy atom. The molecule has 1 N–H and O–H groups in total. The number of likely N-dealkylation sites (tertiary alicyclic amines) is 1. The first kappa shape index (κ1) is 15.9. The van der Waals surface area contributed by atoms with Crippen molar-refractivity contribution in [2.45, 2.75) is 50.4 Å². The minimum absolute atomic E-state index is 0.0691. The summed E-state index contributed by atoms with van der Waals surface area (Å²) in [7, 11) is 0. The Bertz CT molecular complexity index is 531. The second-order valence-corrected chi connectivity index (χ2v) is 6.74. The lowest BCUT2D eigenvalue weighted by molar-refractivity contribution is 0.0220. The summed E-state index contributed by atoms with van der Waals surface area (Å²) < 4.78 is 5.44. The number of hydrogen-bond donors (Lipinski definition) is 1. The molecule has 1 unspecified atom stereocenters. The molecule has 1 aliphatic heterocycles. The van der Waals surface area contributed by atoms with Gasteiger partial charge in [-0.05, 0) is 39.9 Å². The van der Waals surface area contributed by atoms with E-state index in [0.29, 0.717) is 17.4 Å². The van der Waals surface area contributed by atoms with Gasteiger partial charge < -0.3 is 9.84 Å². The summed E-state index contributed by atoms with van der Waals surface area (Å²) in [5.74, 6) is -0.0691. The number of hydrogen-bond acceptors (Lipinski definition) is 6. The molecule has 6 nitrogen and oxygen atoms in total. The van der Waals surface area contributed by atoms with Crippen molar-refractivity contribution in [1.82, 2.24) is 14.9 Å². The van der Waals surface area contributed by atoms with Crippen LogP contribution in [0.5, 0.6) is 5.88 Å². The van der Waals surface area contributed by atoms with Gasteiger partial charge in [0.1, 0.15) is 5.60 Å². The summed E-state index contributed by atoms with van der Waals surface area (Å²) in [4.78, 5) is 22.3. The van der Waals surface area contributed by atoms with Crippen LogP contribution in [0.4, 0.5) is 4.79 Å². The third-order valence-electron chi connectivity index (χ3n) is 3.12. The molecule has 1 fully saturated rings. The maximum absolute atomic E-state index is 12.3. The quantitative estimate of drug-likeness (QED) is 0.668. The summed E-state index contributed by atoms with van der Waals surface area (Å²) in [6.45, 7) is 6.17. The van der Waals surface area contributed by atoms with E-state index in [9.17, 15) is 9.90 Å². The molecular formula is C14H21N3O3S. The van der Waals surface area contributed by atoms with Crippen LogP contribution in [0, 0.1) is 0 Å². The first-order valence-corrected chi connectivity index (χ1v) is 8.14. The number of aromatic hydroxyl groups is 1. The Morgan fingerprint density at radius 2 is 2.19 bits per heavy atom. The highest BCUT2D eigenvalue weighted by Gasteiger charge is 2.34. The van der Waals surface area contributed by atoms with E-state index in [1.54, 1.807) is 4.90 Å². The lowest BCUT2D eigenvalue weighted by atomic mass is 10.1. The standard InChI is InChI=1S/C14H21N3O3S/c1-14(2,3)20-13(19)17-7-5-6-10(17)9-8-11(18)16-12(15-9)21-4/h8,10H,5-7H2,1-4H3,(H,15,16,18). The van der Waals surface area contributed by atoms with E-state index < -0.39 is 5.60 Å². The van der Waals surface area contributed by atoms with E-state index in [4.69, 9.17) is 4.74 Å². The van der Waals surface area contributed by atoms with Crippen LogP contribution in [-0.2, 0) is 4.74 Å². The molecule has 7 heteroatoms. The van der Waals surface area contributed by atoms with Crippen LogP contribution in [0.3, 0.4) is 0 Å². The highest BCUT2D eigenvalue weighted by atomic mass is 32.2. The van der Waals surface area contributed by atoms with Crippen LogP contribution < -0.4 is 0 Å². The Hall–Kier alpha value is -1.50. The van der Waals surface area contributed by atoms with Gasteiger partial charge in [0.05, 0.1) is 11.7 Å². The van der Waals surface area contributed by atoms with Gasteiger partial charge in [-0.25, -0.2) is 9.78 Å². The molecule has 1 aromatic heterocycles. The number of carbonyl (C=O) groups is 1. The molecule has 0 bridgehead atoms. The molecule has 116 valence electrons. The molecule has 21 heavy (non-hydrogen) atoms. The average molecular weight is 311 g/mol. The predicted molar refractivity (Wildman–Crippen MR) is 80.4 cm³/mol. The Morgan fingerprint density at radius 3 is 2.81 bits per heavy atom. The molecule has 1 atom stereocenters. The van der Waals surface area contributed by atoms with Gasteiger partial charge in [-0.2, -0.15) is 4.98 Å². The zero-order valence-electron chi connectivity index (χ0n) is 12.8. The number of rotatable bonds is 2. The fourth-order valence-electron chi connectivity index (χ4n) is 2.31. The fourth-order valence-corrected chi connectivity index (χ4v) is 2.69. The first-order valence-electron chi connectivity index (χ1n) is 6.92. The summed E-state index contributed by atoms with van der Waals surface area (Å²) in [6.07, 6.45) is 3.21. The molecular weight excluding hydrogens is 290 g/mol. The molecule has 1 amide bonds. The number of ether oxygens (including phenoxy) is 1. The molecule has 0 saturated carbocycles. The van der Waals surface area contributed by atoms with Crippen LogP contribution in [-0.4, -0.2) is 44.5 Å². The van der Waals surface area contributed by atoms with Crippen molar-refractivity contribution < 1.29 is 14.6 Å². The number of carbonyl (C=O) groups excluding carboxylic acids is 1. The van der Waals surface area contributed by atoms with E-state index in [1.165, 1.54) is 17.8 Å². The van der Waals surface area contributed by atoms with Gasteiger partial charge >= 0.3 is 6.09 Å². The maximum atomic E-state index is 12.3. The van der Waals surface area contributed by atoms with Crippen LogP contribution in [0.1, 0.15) is 45.3 Å². The van der Waals surface area contributed by atoms with Crippen molar-refractivity contribution in [3.63, 3.8) is 0 Å². The van der Waals surface area contributed by atoms with Gasteiger partial charge in [-0.15, -0.1) is 0 Å². The third-order valence-corrected chi connectivity index (χ3v) is 3.66. The minimum Gasteiger partial charge on any atom is -0.493 e. The molecule has 1 saturated heterocycles. The van der Waals surface area contributed by atoms with Crippen molar-refractivity contribution in [2.75, 3.05) is 12.8 Å². The van der Waals surface area contributed by atoms with Crippen molar-refractivity contribution in [3.8, 4) is 5.88 Å². The lowest BCUT2D eigenvalue weighted by Crippen LogP contribution is -2.36. The molecule has 0 aliphatic carbocycles. The molecule has 0 radical (unpaired) electrons. The van der Waals surface area contributed by atoms with E-state index in [1.807, 2.05) is 27.0 Å². The maximum Gasteiger partial charge on any atom is 0.410 e. The first-order chi connectivity index (χ1) is 9.80. The monoisotopic (exact) mass is 311 g/mol. The number of thioether (sulfide) groups is 1. The largest absolute Gasteiger partial charge is 0.493 e. The van der Waals surface area contributed by atoms with E-state index in [-0.39, 0.29) is 18.0 Å². The van der Waals surface area contributed by atoms with Gasteiger partial charge in [0.25, 0.3) is 0 Å². The zero-order chi connectivity index (χ0) is 15.6. The van der Waals surface area contributed by atoms with Crippen LogP contribution in [0.15, 0.2) is 11.2 Å². The molecule has 1 aliphatic rings. The SMILES string of the molecule is CSc1nc(O)cc(C2CCCN2C(=O)OC(C)(C)C)n1.